The first-order valence-electron chi connectivity index (χ1n) is 8.27. The summed E-state index contributed by atoms with van der Waals surface area (Å²) in [5, 5.41) is 0. The number of hydrogen-bond donors (Lipinski definition) is 0. The molecule has 0 aromatic heterocycles. The first-order valence-corrected chi connectivity index (χ1v) is 10.7. The number of carbonyl (C=O) groups excluding carboxylic acids is 1. The second-order valence-corrected chi connectivity index (χ2v) is 9.57. The molecule has 1 aromatic rings. The highest BCUT2D eigenvalue weighted by atomic mass is 32.3. The zero-order valence-corrected chi connectivity index (χ0v) is 17.6. The first kappa shape index (κ1) is 22.7. The lowest BCUT2D eigenvalue weighted by molar-refractivity contribution is 0.183. The summed E-state index contributed by atoms with van der Waals surface area (Å²) in [6.45, 7) is 7.84. The van der Waals surface area contributed by atoms with Gasteiger partial charge in [0.1, 0.15) is 5.75 Å². The Morgan fingerprint density at radius 3 is 2.31 bits per heavy atom. The monoisotopic (exact) mass is 405 g/mol. The van der Waals surface area contributed by atoms with E-state index in [9.17, 15) is 17.8 Å². The molecule has 0 aliphatic heterocycles. The third kappa shape index (κ3) is 5.34. The summed E-state index contributed by atoms with van der Waals surface area (Å²) in [5.41, 5.74) is 0.986. The summed E-state index contributed by atoms with van der Waals surface area (Å²) < 4.78 is 45.1. The van der Waals surface area contributed by atoms with Crippen LogP contribution in [0.2, 0.25) is 0 Å². The van der Waals surface area contributed by atoms with Crippen LogP contribution in [-0.2, 0) is 21.8 Å². The van der Waals surface area contributed by atoms with Gasteiger partial charge in [0.2, 0.25) is 0 Å². The Balaban J connectivity index is 2.89. The molecular formula is C16H27N3O5S2. The van der Waals surface area contributed by atoms with Gasteiger partial charge in [-0.2, -0.15) is 12.7 Å². The Kier molecular flexibility index (Phi) is 8.35. The van der Waals surface area contributed by atoms with E-state index in [0.29, 0.717) is 9.46 Å². The van der Waals surface area contributed by atoms with Crippen LogP contribution in [0.5, 0.6) is 5.75 Å². The molecule has 1 aromatic carbocycles. The quantitative estimate of drug-likeness (QED) is 0.619. The molecule has 0 saturated heterocycles. The fraction of sp³-hybridized carbons (Fsp3) is 0.562. The van der Waals surface area contributed by atoms with Gasteiger partial charge in [-0.05, 0) is 23.6 Å². The molecule has 148 valence electrons. The number of amides is 1. The van der Waals surface area contributed by atoms with E-state index in [-0.39, 0.29) is 19.0 Å². The molecule has 1 atom stereocenters. The molecule has 8 nitrogen and oxygen atoms in total. The Labute approximate surface area is 159 Å². The van der Waals surface area contributed by atoms with Gasteiger partial charge in [0.05, 0.1) is 14.1 Å². The average molecular weight is 406 g/mol. The lowest BCUT2D eigenvalue weighted by atomic mass is 10.0. The van der Waals surface area contributed by atoms with Gasteiger partial charge in [0, 0.05) is 16.8 Å². The molecule has 1 amide bonds. The number of carbonyl (C=O) groups is 1. The highest BCUT2D eigenvalue weighted by Gasteiger charge is 2.39. The summed E-state index contributed by atoms with van der Waals surface area (Å²) >= 11 is -2.26. The maximum atomic E-state index is 12.5. The van der Waals surface area contributed by atoms with E-state index in [2.05, 4.69) is 0 Å². The van der Waals surface area contributed by atoms with Crippen molar-refractivity contribution in [2.24, 2.45) is 0 Å². The van der Waals surface area contributed by atoms with Gasteiger partial charge in [0.15, 0.2) is 11.5 Å². The molecule has 0 N–H and O–H groups in total. The minimum absolute atomic E-state index is 0.233. The van der Waals surface area contributed by atoms with Crippen LogP contribution in [0, 0.1) is 0 Å². The number of benzene rings is 1. The van der Waals surface area contributed by atoms with E-state index < -0.39 is 27.9 Å². The second-order valence-electron chi connectivity index (χ2n) is 5.83. The molecule has 0 aliphatic rings. The third-order valence-electron chi connectivity index (χ3n) is 3.80. The third-order valence-corrected chi connectivity index (χ3v) is 7.62. The van der Waals surface area contributed by atoms with Gasteiger partial charge in [-0.15, -0.1) is 4.31 Å². The van der Waals surface area contributed by atoms with E-state index in [1.54, 1.807) is 32.0 Å². The van der Waals surface area contributed by atoms with Crippen molar-refractivity contribution >= 4 is 27.9 Å². The summed E-state index contributed by atoms with van der Waals surface area (Å²) in [5.74, 6) is 0.560. The molecule has 0 heterocycles. The largest absolute Gasteiger partial charge is 0.572 e. The van der Waals surface area contributed by atoms with E-state index in [1.165, 1.54) is 7.05 Å². The molecular weight excluding hydrogens is 378 g/mol. The van der Waals surface area contributed by atoms with Crippen LogP contribution in [-0.4, -0.2) is 58.6 Å². The number of hydrogen-bond acceptors (Lipinski definition) is 5. The molecule has 0 fully saturated rings. The molecule has 1 rings (SSSR count). The van der Waals surface area contributed by atoms with Crippen LogP contribution in [0.15, 0.2) is 24.3 Å². The maximum Gasteiger partial charge on any atom is 0.458 e. The average Bonchev–Trinajstić information content (AvgIpc) is 2.60. The molecule has 0 spiro atoms. The maximum absolute atomic E-state index is 12.5. The molecule has 0 saturated carbocycles. The minimum Gasteiger partial charge on any atom is -0.572 e. The zero-order valence-electron chi connectivity index (χ0n) is 16.0. The predicted molar refractivity (Wildman–Crippen MR) is 102 cm³/mol. The normalized spacial score (nSPS) is 13.3. The van der Waals surface area contributed by atoms with Gasteiger partial charge < -0.3 is 9.29 Å². The van der Waals surface area contributed by atoms with Crippen molar-refractivity contribution in [2.45, 2.75) is 33.6 Å². The van der Waals surface area contributed by atoms with Gasteiger partial charge in [-0.3, -0.25) is 0 Å². The van der Waals surface area contributed by atoms with Crippen molar-refractivity contribution in [2.75, 3.05) is 27.2 Å². The Morgan fingerprint density at radius 2 is 1.81 bits per heavy atom. The van der Waals surface area contributed by atoms with Crippen LogP contribution < -0.4 is 4.74 Å². The van der Waals surface area contributed by atoms with Gasteiger partial charge >= 0.3 is 16.3 Å². The first-order chi connectivity index (χ1) is 12.1. The van der Waals surface area contributed by atoms with Crippen molar-refractivity contribution in [3.05, 3.63) is 29.8 Å². The Hall–Kier alpha value is -1.33. The van der Waals surface area contributed by atoms with Crippen molar-refractivity contribution in [1.29, 1.82) is 0 Å². The SMILES string of the molecule is CCN(CC)S(=O)(=O)N(C)[S+]([O-])N(C)C(=O)Oc1cccc(C(C)C)c1. The topological polar surface area (TPSA) is 93.2 Å². The van der Waals surface area contributed by atoms with Crippen molar-refractivity contribution in [3.8, 4) is 5.75 Å². The molecule has 0 bridgehead atoms. The summed E-state index contributed by atoms with van der Waals surface area (Å²) in [4.78, 5) is 12.3. The minimum atomic E-state index is -3.95. The highest BCUT2D eigenvalue weighted by Crippen LogP contribution is 2.21. The fourth-order valence-corrected chi connectivity index (χ4v) is 4.85. The molecule has 0 radical (unpaired) electrons. The molecule has 26 heavy (non-hydrogen) atoms. The van der Waals surface area contributed by atoms with Crippen LogP contribution in [0.25, 0.3) is 0 Å². The lowest BCUT2D eigenvalue weighted by Crippen LogP contribution is -2.50. The van der Waals surface area contributed by atoms with Crippen molar-refractivity contribution in [1.82, 2.24) is 12.3 Å². The second kappa shape index (κ2) is 9.56. The molecule has 1 unspecified atom stereocenters. The van der Waals surface area contributed by atoms with Crippen LogP contribution in [0.1, 0.15) is 39.2 Å². The summed E-state index contributed by atoms with van der Waals surface area (Å²) in [7, 11) is -1.57. The van der Waals surface area contributed by atoms with E-state index >= 15 is 0 Å². The standard InChI is InChI=1S/C16H27N3O5S2/c1-7-19(8-2)26(22,23)18(6)25(21)17(5)16(20)24-15-11-9-10-14(12-15)13(3)4/h9-13H,7-8H2,1-6H3. The smallest absolute Gasteiger partial charge is 0.458 e. The molecule has 0 aliphatic carbocycles. The van der Waals surface area contributed by atoms with E-state index in [4.69, 9.17) is 4.74 Å². The Bertz CT molecular complexity index is 708. The van der Waals surface area contributed by atoms with Crippen LogP contribution in [0.4, 0.5) is 4.79 Å². The van der Waals surface area contributed by atoms with Crippen LogP contribution >= 0.6 is 0 Å². The molecule has 10 heteroatoms. The van der Waals surface area contributed by atoms with E-state index in [1.807, 2.05) is 19.9 Å². The summed E-state index contributed by atoms with van der Waals surface area (Å²) in [6.07, 6.45) is -0.911. The van der Waals surface area contributed by atoms with Crippen molar-refractivity contribution in [3.63, 3.8) is 0 Å². The lowest BCUT2D eigenvalue weighted by Gasteiger charge is -2.28. The number of nitrogens with zero attached hydrogens (tertiary/aromatic N) is 3. The highest BCUT2D eigenvalue weighted by molar-refractivity contribution is 8.02. The Morgan fingerprint density at radius 1 is 1.23 bits per heavy atom. The fourth-order valence-electron chi connectivity index (χ4n) is 2.13. The van der Waals surface area contributed by atoms with Gasteiger partial charge in [0.25, 0.3) is 0 Å². The number of rotatable bonds is 8. The zero-order chi connectivity index (χ0) is 20.1. The summed E-state index contributed by atoms with van der Waals surface area (Å²) in [6, 6.07) is 6.99. The van der Waals surface area contributed by atoms with Gasteiger partial charge in [-0.1, -0.05) is 39.8 Å². The number of ether oxygens (including phenoxy) is 1. The van der Waals surface area contributed by atoms with Crippen molar-refractivity contribution < 1.29 is 22.5 Å². The predicted octanol–water partition coefficient (Wildman–Crippen LogP) is 2.34. The van der Waals surface area contributed by atoms with Gasteiger partial charge in [-0.25, -0.2) is 4.79 Å². The van der Waals surface area contributed by atoms with E-state index in [0.717, 1.165) is 21.2 Å². The van der Waals surface area contributed by atoms with Crippen LogP contribution in [0.3, 0.4) is 0 Å².